The number of halogens is 2. The number of hydrogen-bond acceptors (Lipinski definition) is 19. The number of isocyanates is 1. The number of nitrogens with zero attached hydrogens (tertiary/aromatic N) is 1. The fourth-order valence-electron chi connectivity index (χ4n) is 14.2. The number of nitrogens with one attached hydrogen (secondary N) is 12. The Kier molecular flexibility index (Phi) is 57.6. The first-order valence-corrected chi connectivity index (χ1v) is 60.9. The summed E-state index contributed by atoms with van der Waals surface area (Å²) in [6.45, 7) is 37.6. The van der Waals surface area contributed by atoms with Crippen molar-refractivity contribution in [3.05, 3.63) is 179 Å². The van der Waals surface area contributed by atoms with Crippen molar-refractivity contribution in [1.29, 1.82) is 0 Å². The van der Waals surface area contributed by atoms with Crippen LogP contribution < -0.4 is 75.3 Å². The van der Waals surface area contributed by atoms with Crippen LogP contribution in [-0.4, -0.2) is 236 Å². The number of amides is 9. The van der Waals surface area contributed by atoms with E-state index in [9.17, 15) is 33.6 Å². The molecule has 0 fully saturated rings. The van der Waals surface area contributed by atoms with Gasteiger partial charge in [0, 0.05) is 123 Å². The van der Waals surface area contributed by atoms with Gasteiger partial charge in [-0.05, 0) is 182 Å². The van der Waals surface area contributed by atoms with Crippen LogP contribution in [0, 0.1) is 0 Å². The molecule has 6 aromatic rings. The van der Waals surface area contributed by atoms with Gasteiger partial charge in [0.15, 0.2) is 31.4 Å². The zero-order valence-electron chi connectivity index (χ0n) is 78.7. The van der Waals surface area contributed by atoms with Crippen LogP contribution in [0.4, 0.5) is 28.8 Å². The van der Waals surface area contributed by atoms with Gasteiger partial charge in [-0.2, -0.15) is 22.2 Å². The maximum Gasteiger partial charge on any atom is 0.407 e. The summed E-state index contributed by atoms with van der Waals surface area (Å²) in [6.07, 6.45) is 11.0. The molecular formula is C95H153Cl2N15O13Si4. The van der Waals surface area contributed by atoms with E-state index in [2.05, 4.69) is 215 Å². The molecule has 0 aromatic heterocycles. The summed E-state index contributed by atoms with van der Waals surface area (Å²) in [5.74, 6) is 0.155. The molecule has 0 radical (unpaired) electrons. The second kappa shape index (κ2) is 65.9. The maximum atomic E-state index is 12.2. The predicted octanol–water partition coefficient (Wildman–Crippen LogP) is 15.7. The van der Waals surface area contributed by atoms with Gasteiger partial charge >= 0.3 is 36.4 Å². The lowest BCUT2D eigenvalue weighted by atomic mass is 9.98. The van der Waals surface area contributed by atoms with Gasteiger partial charge in [-0.3, -0.25) is 0 Å². The number of aliphatic imine (C=N–C) groups is 1. The largest absolute Gasteiger partial charge is 0.449 e. The zero-order valence-corrected chi connectivity index (χ0v) is 84.2. The van der Waals surface area contributed by atoms with Crippen LogP contribution in [0.25, 0.3) is 33.4 Å². The molecule has 0 heterocycles. The van der Waals surface area contributed by atoms with E-state index in [-0.39, 0.29) is 55.7 Å². The van der Waals surface area contributed by atoms with Crippen LogP contribution in [0.15, 0.2) is 151 Å². The standard InChI is InChI=1S/C29H44N4O4Si.C23H30ClN3O3Si.C17H18N2O2.C14H34N4O2Si.C6H12ClNOSi.C6H15NO/c1-4-5-15-30-19-20-37-38(2,3)21-10-16-31-28(34)32-17-18-33-29(35)36-22-27-25-13-8-6-11-23(25)24-12-7-9-14-26(24)27;1-31(2,24)15-7-12-25-22(28)26-13-14-27-23(29)30-16-21-19-10-5-3-8-17(19)18-9-4-6-11-20(18)21;18-9-10-19-17(20)21-11-16-14-7-3-1-5-12(14)13-6-2-4-8-15(13)16;1-4-5-8-16-11-12-20-21(2,3)13-6-9-17-14(19)18-10-7-15;1-10(2,7)5-3-4-8-6-9;1-2-3-4-7-5-6-8/h6-9,11-14,27,30H,4-5,10,15-22H2,1-3H3,(H,33,35)(H2,31,32,34);3-6,8-11,21H,7,12-16H2,1-2H3,(H,27,29)(H2,25,26,28);1-8,16H,9-11,18H2,(H,19,20);16H,4-13,15H2,1-3H3,(H2,17,18,19);3-5H2,1-2H3;7-8H,2-6H2,1H3. The first kappa shape index (κ1) is 113. The Morgan fingerprint density at radius 1 is 0.357 bits per heavy atom. The Morgan fingerprint density at radius 3 is 0.915 bits per heavy atom. The number of alkyl carbamates (subject to hydrolysis) is 3. The lowest BCUT2D eigenvalue weighted by Crippen LogP contribution is -2.41. The van der Waals surface area contributed by atoms with Crippen LogP contribution in [0.3, 0.4) is 0 Å². The molecule has 0 spiro atoms. The summed E-state index contributed by atoms with van der Waals surface area (Å²) in [5.41, 5.74) is 25.0. The maximum absolute atomic E-state index is 12.2. The smallest absolute Gasteiger partial charge is 0.407 e. The Hall–Kier alpha value is -8.55. The molecule has 6 aromatic carbocycles. The van der Waals surface area contributed by atoms with E-state index >= 15 is 0 Å². The Labute approximate surface area is 782 Å². The molecule has 28 nitrogen and oxygen atoms in total. The van der Waals surface area contributed by atoms with Crippen molar-refractivity contribution in [2.75, 3.05) is 157 Å². The van der Waals surface area contributed by atoms with E-state index in [1.54, 1.807) is 0 Å². The average Bonchev–Trinajstić information content (AvgIpc) is 1.63. The molecule has 3 aliphatic rings. The van der Waals surface area contributed by atoms with E-state index in [0.29, 0.717) is 85.1 Å². The van der Waals surface area contributed by atoms with Crippen molar-refractivity contribution in [1.82, 2.24) is 63.8 Å². The number of fused-ring (bicyclic) bond motifs is 9. The van der Waals surface area contributed by atoms with E-state index < -0.39 is 49.7 Å². The Balaban J connectivity index is 0.000000345. The van der Waals surface area contributed by atoms with Gasteiger partial charge in [-0.25, -0.2) is 38.6 Å². The summed E-state index contributed by atoms with van der Waals surface area (Å²) < 4.78 is 28.4. The van der Waals surface area contributed by atoms with Crippen LogP contribution in [-0.2, 0) is 27.9 Å². The van der Waals surface area contributed by atoms with Crippen molar-refractivity contribution < 1.29 is 61.7 Å². The van der Waals surface area contributed by atoms with Crippen molar-refractivity contribution >= 4 is 96.0 Å². The highest BCUT2D eigenvalue weighted by atomic mass is 35.6. The van der Waals surface area contributed by atoms with E-state index in [4.69, 9.17) is 61.8 Å². The molecule has 17 N–H and O–H groups in total. The molecule has 0 bridgehead atoms. The highest BCUT2D eigenvalue weighted by Gasteiger charge is 2.33. The fraction of sp³-hybridized carbons (Fsp3) is 0.547. The molecule has 9 rings (SSSR count). The second-order valence-electron chi connectivity index (χ2n) is 34.0. The summed E-state index contributed by atoms with van der Waals surface area (Å²) >= 11 is 12.3. The predicted molar refractivity (Wildman–Crippen MR) is 536 cm³/mol. The number of carbonyl (C=O) groups excluding carboxylic acids is 7. The molecule has 716 valence electrons. The highest BCUT2D eigenvalue weighted by molar-refractivity contribution is 7.19. The fourth-order valence-corrected chi connectivity index (χ4v) is 20.7. The van der Waals surface area contributed by atoms with Gasteiger partial charge in [0.2, 0.25) is 6.08 Å². The molecule has 129 heavy (non-hydrogen) atoms. The third kappa shape index (κ3) is 48.4. The number of carbonyl (C=O) groups is 6. The number of aliphatic hydroxyl groups excluding tert-OH is 1. The first-order valence-electron chi connectivity index (χ1n) is 46.2. The van der Waals surface area contributed by atoms with Gasteiger partial charge in [0.25, 0.3) is 0 Å². The lowest BCUT2D eigenvalue weighted by Gasteiger charge is -2.23. The van der Waals surface area contributed by atoms with Gasteiger partial charge in [-0.15, -0.1) is 0 Å². The number of unbranched alkanes of at least 4 members (excludes halogenated alkanes) is 3. The number of nitrogens with two attached hydrogens (primary N) is 2. The number of benzene rings is 6. The average molecular weight is 1900 g/mol. The molecule has 34 heteroatoms. The molecule has 0 unspecified atom stereocenters. The van der Waals surface area contributed by atoms with Crippen LogP contribution in [0.2, 0.25) is 76.6 Å². The first-order chi connectivity index (χ1) is 62.1. The minimum Gasteiger partial charge on any atom is -0.449 e. The second-order valence-corrected chi connectivity index (χ2v) is 56.6. The SMILES string of the molecule is CCCCNCCO.CCCCNCCO[Si](C)(C)CCCNC(=O)NCCN.CCCCNCCO[Si](C)(C)CCCNC(=O)NCCNC(=O)OCC1c2ccccc2-c2ccccc21.C[Si](C)(Cl)CCCN=C=O.C[Si](C)(Cl)CCCNC(=O)NCCNC(=O)OCC1c2ccccc2-c2ccccc21.NCCNC(=O)OCC1c2ccccc2-c2ccccc21. The molecule has 9 amide bonds. The zero-order chi connectivity index (χ0) is 94.4. The number of rotatable bonds is 51. The Morgan fingerprint density at radius 2 is 0.620 bits per heavy atom. The van der Waals surface area contributed by atoms with Crippen LogP contribution >= 0.6 is 22.2 Å². The summed E-state index contributed by atoms with van der Waals surface area (Å²) in [7, 11) is -6.33. The Bertz CT molecular complexity index is 4080. The van der Waals surface area contributed by atoms with E-state index in [0.717, 1.165) is 102 Å². The van der Waals surface area contributed by atoms with Crippen molar-refractivity contribution in [2.45, 2.75) is 179 Å². The van der Waals surface area contributed by atoms with Gasteiger partial charge < -0.3 is 103 Å². The molecule has 0 atom stereocenters. The van der Waals surface area contributed by atoms with Crippen molar-refractivity contribution in [2.24, 2.45) is 16.5 Å². The van der Waals surface area contributed by atoms with E-state index in [1.165, 1.54) is 111 Å². The van der Waals surface area contributed by atoms with Crippen LogP contribution in [0.5, 0.6) is 0 Å². The minimum absolute atomic E-state index is 0.0259. The molecule has 0 aliphatic heterocycles. The summed E-state index contributed by atoms with van der Waals surface area (Å²) in [4.78, 5) is 84.1. The molecular weight excluding hydrogens is 1740 g/mol. The summed E-state index contributed by atoms with van der Waals surface area (Å²) in [6, 6.07) is 52.8. The lowest BCUT2D eigenvalue weighted by molar-refractivity contribution is 0.142. The third-order valence-electron chi connectivity index (χ3n) is 21.0. The third-order valence-corrected chi connectivity index (χ3v) is 30.3. The topological polar surface area (TPSA) is 395 Å². The molecule has 0 saturated carbocycles. The highest BCUT2D eigenvalue weighted by Crippen LogP contribution is 2.47. The molecule has 0 saturated heterocycles. The monoisotopic (exact) mass is 1890 g/mol. The summed E-state index contributed by atoms with van der Waals surface area (Å²) in [5, 5.41) is 42.9. The van der Waals surface area contributed by atoms with Gasteiger partial charge in [-0.1, -0.05) is 212 Å². The quantitative estimate of drug-likeness (QED) is 0.00421. The normalized spacial score (nSPS) is 12.1. The molecule has 3 aliphatic carbocycles. The minimum atomic E-state index is -1.72. The van der Waals surface area contributed by atoms with Crippen molar-refractivity contribution in [3.63, 3.8) is 0 Å². The van der Waals surface area contributed by atoms with E-state index in [1.807, 2.05) is 72.8 Å². The number of ether oxygens (including phenoxy) is 3. The number of aliphatic hydroxyl groups is 1. The van der Waals surface area contributed by atoms with Crippen LogP contribution in [0.1, 0.15) is 136 Å². The number of urea groups is 3. The van der Waals surface area contributed by atoms with Crippen molar-refractivity contribution in [3.8, 4) is 33.4 Å². The van der Waals surface area contributed by atoms with Gasteiger partial charge in [0.05, 0.1) is 13.2 Å². The number of hydrogen-bond donors (Lipinski definition) is 15. The van der Waals surface area contributed by atoms with Gasteiger partial charge in [0.1, 0.15) is 19.8 Å².